The van der Waals surface area contributed by atoms with E-state index in [4.69, 9.17) is 21.8 Å². The van der Waals surface area contributed by atoms with E-state index in [0.29, 0.717) is 11.4 Å². The Labute approximate surface area is 122 Å². The van der Waals surface area contributed by atoms with Crippen molar-refractivity contribution >= 4 is 27.3 Å². The van der Waals surface area contributed by atoms with Crippen molar-refractivity contribution < 1.29 is 12.8 Å². The van der Waals surface area contributed by atoms with Gasteiger partial charge in [-0.15, -0.1) is 0 Å². The van der Waals surface area contributed by atoms with Crippen molar-refractivity contribution in [3.63, 3.8) is 0 Å². The highest BCUT2D eigenvalue weighted by atomic mass is 35.5. The fourth-order valence-corrected chi connectivity index (χ4v) is 3.19. The summed E-state index contributed by atoms with van der Waals surface area (Å²) >= 11 is 5.78. The number of nitrogen functional groups attached to an aromatic ring is 1. The molecule has 0 aliphatic heterocycles. The molecule has 0 spiro atoms. The molecule has 0 bridgehead atoms. The lowest BCUT2D eigenvalue weighted by Gasteiger charge is -2.13. The summed E-state index contributed by atoms with van der Waals surface area (Å²) in [5.74, 6) is 0.718. The number of nitrogens with two attached hydrogens (primary N) is 1. The molecule has 2 rings (SSSR count). The van der Waals surface area contributed by atoms with Crippen molar-refractivity contribution in [3.8, 4) is 0 Å². The van der Waals surface area contributed by atoms with E-state index in [1.807, 2.05) is 0 Å². The normalized spacial score (nSPS) is 13.3. The number of rotatable bonds is 5. The minimum atomic E-state index is -3.63. The zero-order valence-corrected chi connectivity index (χ0v) is 12.4. The maximum Gasteiger partial charge on any atom is 0.240 e. The van der Waals surface area contributed by atoms with Crippen LogP contribution in [0.15, 0.2) is 45.9 Å². The zero-order chi connectivity index (χ0) is 14.8. The summed E-state index contributed by atoms with van der Waals surface area (Å²) in [4.78, 5) is 0.0886. The summed E-state index contributed by atoms with van der Waals surface area (Å²) in [6.07, 6.45) is 2.02. The lowest BCUT2D eigenvalue weighted by Crippen LogP contribution is -2.34. The Morgan fingerprint density at radius 1 is 1.40 bits per heavy atom. The van der Waals surface area contributed by atoms with Gasteiger partial charge in [-0.05, 0) is 37.3 Å². The first-order chi connectivity index (χ1) is 9.38. The Hall–Kier alpha value is -1.50. The molecular formula is C13H15ClN2O3S. The summed E-state index contributed by atoms with van der Waals surface area (Å²) in [6.45, 7) is 1.76. The standard InChI is InChI=1S/C13H15ClN2O3S/c1-9(7-10-3-2-6-19-10)16-20(17,18)11-4-5-12(14)13(15)8-11/h2-6,8-9,16H,7,15H2,1H3. The van der Waals surface area contributed by atoms with Crippen LogP contribution in [0.3, 0.4) is 0 Å². The molecule has 108 valence electrons. The van der Waals surface area contributed by atoms with Crippen molar-refractivity contribution in [2.24, 2.45) is 0 Å². The van der Waals surface area contributed by atoms with Crippen molar-refractivity contribution in [1.82, 2.24) is 4.72 Å². The van der Waals surface area contributed by atoms with Gasteiger partial charge in [-0.3, -0.25) is 0 Å². The number of hydrogen-bond donors (Lipinski definition) is 2. The molecule has 0 radical (unpaired) electrons. The fourth-order valence-electron chi connectivity index (χ4n) is 1.79. The van der Waals surface area contributed by atoms with E-state index >= 15 is 0 Å². The smallest absolute Gasteiger partial charge is 0.240 e. The van der Waals surface area contributed by atoms with E-state index in [9.17, 15) is 8.42 Å². The third kappa shape index (κ3) is 3.53. The molecule has 0 saturated carbocycles. The summed E-state index contributed by atoms with van der Waals surface area (Å²) in [7, 11) is -3.63. The molecule has 1 heterocycles. The van der Waals surface area contributed by atoms with E-state index in [1.165, 1.54) is 18.2 Å². The molecule has 3 N–H and O–H groups in total. The van der Waals surface area contributed by atoms with Gasteiger partial charge in [0.2, 0.25) is 10.0 Å². The second kappa shape index (κ2) is 5.87. The topological polar surface area (TPSA) is 85.3 Å². The molecule has 0 aliphatic carbocycles. The lowest BCUT2D eigenvalue weighted by molar-refractivity contribution is 0.479. The van der Waals surface area contributed by atoms with Gasteiger partial charge in [-0.1, -0.05) is 11.6 Å². The Kier molecular flexibility index (Phi) is 4.37. The zero-order valence-electron chi connectivity index (χ0n) is 10.8. The van der Waals surface area contributed by atoms with E-state index in [-0.39, 0.29) is 16.6 Å². The fraction of sp³-hybridized carbons (Fsp3) is 0.231. The molecule has 5 nitrogen and oxygen atoms in total. The minimum Gasteiger partial charge on any atom is -0.469 e. The van der Waals surface area contributed by atoms with Gasteiger partial charge < -0.3 is 10.2 Å². The van der Waals surface area contributed by atoms with E-state index < -0.39 is 10.0 Å². The number of sulfonamides is 1. The molecule has 0 saturated heterocycles. The molecule has 7 heteroatoms. The van der Waals surface area contributed by atoms with Crippen molar-refractivity contribution in [2.75, 3.05) is 5.73 Å². The van der Waals surface area contributed by atoms with E-state index in [1.54, 1.807) is 25.3 Å². The molecule has 0 fully saturated rings. The van der Waals surface area contributed by atoms with Crippen LogP contribution in [0.25, 0.3) is 0 Å². The van der Waals surface area contributed by atoms with Crippen LogP contribution < -0.4 is 10.5 Å². The quantitative estimate of drug-likeness (QED) is 0.830. The monoisotopic (exact) mass is 314 g/mol. The largest absolute Gasteiger partial charge is 0.469 e. The molecule has 20 heavy (non-hydrogen) atoms. The van der Waals surface area contributed by atoms with E-state index in [2.05, 4.69) is 4.72 Å². The third-order valence-electron chi connectivity index (χ3n) is 2.72. The lowest BCUT2D eigenvalue weighted by atomic mass is 10.2. The van der Waals surface area contributed by atoms with Crippen LogP contribution in [0.4, 0.5) is 5.69 Å². The highest BCUT2D eigenvalue weighted by Crippen LogP contribution is 2.22. The third-order valence-corrected chi connectivity index (χ3v) is 4.65. The predicted molar refractivity (Wildman–Crippen MR) is 78.1 cm³/mol. The van der Waals surface area contributed by atoms with Gasteiger partial charge in [0.15, 0.2) is 0 Å². The van der Waals surface area contributed by atoms with Crippen LogP contribution >= 0.6 is 11.6 Å². The molecule has 1 atom stereocenters. The first kappa shape index (κ1) is 14.9. The SMILES string of the molecule is CC(Cc1ccco1)NS(=O)(=O)c1ccc(Cl)c(N)c1. The number of halogens is 1. The minimum absolute atomic E-state index is 0.0886. The maximum atomic E-state index is 12.2. The van der Waals surface area contributed by atoms with Crippen molar-refractivity contribution in [1.29, 1.82) is 0 Å². The number of hydrogen-bond acceptors (Lipinski definition) is 4. The Morgan fingerprint density at radius 3 is 2.75 bits per heavy atom. The van der Waals surface area contributed by atoms with Gasteiger partial charge in [-0.25, -0.2) is 13.1 Å². The highest BCUT2D eigenvalue weighted by Gasteiger charge is 2.19. The Morgan fingerprint density at radius 2 is 2.15 bits per heavy atom. The summed E-state index contributed by atoms with van der Waals surface area (Å²) < 4.78 is 32.1. The van der Waals surface area contributed by atoms with Gasteiger partial charge in [0.05, 0.1) is 21.9 Å². The molecule has 1 aromatic heterocycles. The van der Waals surface area contributed by atoms with Crippen LogP contribution in [-0.2, 0) is 16.4 Å². The second-order valence-electron chi connectivity index (χ2n) is 4.49. The Bertz CT molecular complexity index is 684. The van der Waals surface area contributed by atoms with Crippen LogP contribution in [0.5, 0.6) is 0 Å². The molecular weight excluding hydrogens is 300 g/mol. The Balaban J connectivity index is 2.12. The average Bonchev–Trinajstić information content (AvgIpc) is 2.84. The predicted octanol–water partition coefficient (Wildman–Crippen LogP) is 2.42. The number of furan rings is 1. The van der Waals surface area contributed by atoms with Crippen LogP contribution in [-0.4, -0.2) is 14.5 Å². The molecule has 1 unspecified atom stereocenters. The molecule has 0 aliphatic rings. The number of benzene rings is 1. The molecule has 2 aromatic rings. The van der Waals surface area contributed by atoms with Gasteiger partial charge in [0, 0.05) is 12.5 Å². The first-order valence-corrected chi connectivity index (χ1v) is 7.84. The van der Waals surface area contributed by atoms with Gasteiger partial charge in [0.25, 0.3) is 0 Å². The van der Waals surface area contributed by atoms with Gasteiger partial charge in [0.1, 0.15) is 5.76 Å². The van der Waals surface area contributed by atoms with Crippen LogP contribution in [0.2, 0.25) is 5.02 Å². The van der Waals surface area contributed by atoms with Crippen molar-refractivity contribution in [2.45, 2.75) is 24.3 Å². The van der Waals surface area contributed by atoms with Crippen molar-refractivity contribution in [3.05, 3.63) is 47.4 Å². The molecule has 1 aromatic carbocycles. The average molecular weight is 315 g/mol. The number of nitrogens with one attached hydrogen (secondary N) is 1. The second-order valence-corrected chi connectivity index (χ2v) is 6.61. The summed E-state index contributed by atoms with van der Waals surface area (Å²) in [5, 5.41) is 0.326. The molecule has 0 amide bonds. The van der Waals surface area contributed by atoms with Crippen LogP contribution in [0, 0.1) is 0 Å². The van der Waals surface area contributed by atoms with Crippen LogP contribution in [0.1, 0.15) is 12.7 Å². The van der Waals surface area contributed by atoms with E-state index in [0.717, 1.165) is 5.76 Å². The summed E-state index contributed by atoms with van der Waals surface area (Å²) in [6, 6.07) is 7.47. The maximum absolute atomic E-state index is 12.2. The highest BCUT2D eigenvalue weighted by molar-refractivity contribution is 7.89. The first-order valence-electron chi connectivity index (χ1n) is 5.98. The summed E-state index contributed by atoms with van der Waals surface area (Å²) in [5.41, 5.74) is 5.85. The van der Waals surface area contributed by atoms with Gasteiger partial charge in [-0.2, -0.15) is 0 Å². The van der Waals surface area contributed by atoms with Gasteiger partial charge >= 0.3 is 0 Å². The number of anilines is 1.